The Hall–Kier alpha value is -5.88. The molecule has 2 aromatic heterocycles. The molecule has 0 unspecified atom stereocenters. The normalized spacial score (nSPS) is 13.6. The molecule has 3 nitrogen and oxygen atoms in total. The third-order valence-corrected chi connectivity index (χ3v) is 12.8. The zero-order valence-electron chi connectivity index (χ0n) is 27.2. The monoisotopic (exact) mass is 685 g/mol. The van der Waals surface area contributed by atoms with Crippen LogP contribution in [0.1, 0.15) is 22.3 Å². The van der Waals surface area contributed by atoms with Gasteiger partial charge in [-0.1, -0.05) is 145 Å². The van der Waals surface area contributed by atoms with Gasteiger partial charge >= 0.3 is 0 Å². The maximum Gasteiger partial charge on any atom is 0.165 e. The van der Waals surface area contributed by atoms with Crippen molar-refractivity contribution in [2.45, 2.75) is 15.2 Å². The minimum Gasteiger partial charge on any atom is -0.208 e. The van der Waals surface area contributed by atoms with Crippen molar-refractivity contribution < 1.29 is 0 Å². The minimum absolute atomic E-state index is 0.409. The lowest BCUT2D eigenvalue weighted by molar-refractivity contribution is 0.723. The Labute approximate surface area is 303 Å². The van der Waals surface area contributed by atoms with E-state index < -0.39 is 5.41 Å². The van der Waals surface area contributed by atoms with Crippen LogP contribution in [0.3, 0.4) is 0 Å². The molecule has 1 spiro atoms. The van der Waals surface area contributed by atoms with E-state index in [0.29, 0.717) is 17.5 Å². The highest BCUT2D eigenvalue weighted by molar-refractivity contribution is 7.99. The first kappa shape index (κ1) is 28.9. The zero-order chi connectivity index (χ0) is 33.5. The van der Waals surface area contributed by atoms with E-state index in [2.05, 4.69) is 127 Å². The second kappa shape index (κ2) is 11.1. The fraction of sp³-hybridized carbons (Fsp3) is 0.0217. The maximum absolute atomic E-state index is 5.11. The molecule has 0 radical (unpaired) electrons. The lowest BCUT2D eigenvalue weighted by Gasteiger charge is -2.39. The topological polar surface area (TPSA) is 38.7 Å². The summed E-state index contributed by atoms with van der Waals surface area (Å²) >= 11 is 3.71. The van der Waals surface area contributed by atoms with Crippen molar-refractivity contribution in [3.63, 3.8) is 0 Å². The highest BCUT2D eigenvalue weighted by Crippen LogP contribution is 2.63. The lowest BCUT2D eigenvalue weighted by atomic mass is 9.67. The zero-order valence-corrected chi connectivity index (χ0v) is 28.9. The fourth-order valence-electron chi connectivity index (χ4n) is 8.25. The predicted molar refractivity (Wildman–Crippen MR) is 210 cm³/mol. The van der Waals surface area contributed by atoms with Crippen molar-refractivity contribution in [1.29, 1.82) is 0 Å². The average Bonchev–Trinajstić information content (AvgIpc) is 3.71. The Morgan fingerprint density at radius 1 is 0.392 bits per heavy atom. The lowest BCUT2D eigenvalue weighted by Crippen LogP contribution is -2.31. The fourth-order valence-corrected chi connectivity index (χ4v) is 10.7. The summed E-state index contributed by atoms with van der Waals surface area (Å²) in [5, 5.41) is 2.48. The maximum atomic E-state index is 5.11. The van der Waals surface area contributed by atoms with Gasteiger partial charge in [-0.25, -0.2) is 15.0 Å². The molecule has 9 aromatic rings. The Bertz CT molecular complexity index is 2740. The molecule has 51 heavy (non-hydrogen) atoms. The molecule has 0 saturated carbocycles. The van der Waals surface area contributed by atoms with Crippen molar-refractivity contribution in [3.8, 4) is 45.3 Å². The van der Waals surface area contributed by atoms with Crippen LogP contribution in [0.25, 0.3) is 65.5 Å². The third-order valence-electron chi connectivity index (χ3n) is 10.4. The van der Waals surface area contributed by atoms with Crippen LogP contribution in [-0.4, -0.2) is 15.0 Å². The SMILES string of the molecule is c1ccc(-c2nc(-c3ccccc3)nc(-c3cccc4c3sc3cc5c(cc34)C3(c4ccccc4Sc4ccccc43)c3ccccc3-5)n2)cc1. The molecule has 0 saturated heterocycles. The number of benzene rings is 7. The summed E-state index contributed by atoms with van der Waals surface area (Å²) in [6.07, 6.45) is 0. The van der Waals surface area contributed by atoms with Gasteiger partial charge in [-0.2, -0.15) is 0 Å². The highest BCUT2D eigenvalue weighted by Gasteiger charge is 2.50. The van der Waals surface area contributed by atoms with E-state index in [9.17, 15) is 0 Å². The molecule has 1 aliphatic heterocycles. The molecule has 0 amide bonds. The number of thiophene rings is 1. The van der Waals surface area contributed by atoms with Gasteiger partial charge in [0, 0.05) is 46.7 Å². The second-order valence-corrected chi connectivity index (χ2v) is 15.2. The summed E-state index contributed by atoms with van der Waals surface area (Å²) in [7, 11) is 0. The van der Waals surface area contributed by atoms with Crippen LogP contribution in [-0.2, 0) is 5.41 Å². The first-order valence-electron chi connectivity index (χ1n) is 17.1. The van der Waals surface area contributed by atoms with Gasteiger partial charge in [-0.05, 0) is 63.7 Å². The molecule has 238 valence electrons. The van der Waals surface area contributed by atoms with Crippen molar-refractivity contribution in [3.05, 3.63) is 186 Å². The number of rotatable bonds is 3. The van der Waals surface area contributed by atoms with Gasteiger partial charge in [0.25, 0.3) is 0 Å². The Kier molecular flexibility index (Phi) is 6.27. The van der Waals surface area contributed by atoms with Crippen LogP contribution in [0.2, 0.25) is 0 Å². The second-order valence-electron chi connectivity index (χ2n) is 13.1. The van der Waals surface area contributed by atoms with Crippen molar-refractivity contribution in [2.24, 2.45) is 0 Å². The molecule has 0 bridgehead atoms. The molecule has 0 atom stereocenters. The summed E-state index contributed by atoms with van der Waals surface area (Å²) in [5.41, 5.74) is 10.6. The first-order valence-corrected chi connectivity index (χ1v) is 18.7. The Morgan fingerprint density at radius 2 is 0.941 bits per heavy atom. The van der Waals surface area contributed by atoms with E-state index >= 15 is 0 Å². The van der Waals surface area contributed by atoms with Gasteiger partial charge in [0.15, 0.2) is 17.5 Å². The first-order chi connectivity index (χ1) is 25.3. The van der Waals surface area contributed by atoms with E-state index in [0.717, 1.165) is 16.7 Å². The summed E-state index contributed by atoms with van der Waals surface area (Å²) in [6.45, 7) is 0. The average molecular weight is 686 g/mol. The summed E-state index contributed by atoms with van der Waals surface area (Å²) < 4.78 is 2.44. The van der Waals surface area contributed by atoms with E-state index in [1.165, 1.54) is 63.3 Å². The van der Waals surface area contributed by atoms with Crippen LogP contribution < -0.4 is 0 Å². The molecule has 0 N–H and O–H groups in total. The van der Waals surface area contributed by atoms with Crippen molar-refractivity contribution in [1.82, 2.24) is 15.0 Å². The molecule has 5 heteroatoms. The van der Waals surface area contributed by atoms with E-state index in [-0.39, 0.29) is 0 Å². The summed E-state index contributed by atoms with van der Waals surface area (Å²) in [6, 6.07) is 58.9. The highest BCUT2D eigenvalue weighted by atomic mass is 32.2. The standard InChI is InChI=1S/C46H27N3S2/c1-3-14-28(15-4-1)43-47-44(29-16-5-2-6-17-29)49-45(48-43)32-20-13-19-31-34-26-38-33(27-41(34)51-42(31)32)30-18-7-8-21-35(30)46(38)36-22-9-11-24-39(36)50-40-25-12-10-23-37(40)46/h1-27H. The largest absolute Gasteiger partial charge is 0.208 e. The Morgan fingerprint density at radius 3 is 1.61 bits per heavy atom. The van der Waals surface area contributed by atoms with E-state index in [1.54, 1.807) is 0 Å². The number of hydrogen-bond donors (Lipinski definition) is 0. The Balaban J connectivity index is 1.19. The number of hydrogen-bond acceptors (Lipinski definition) is 5. The van der Waals surface area contributed by atoms with Gasteiger partial charge in [0.1, 0.15) is 0 Å². The van der Waals surface area contributed by atoms with Crippen LogP contribution in [0.4, 0.5) is 0 Å². The third kappa shape index (κ3) is 4.16. The molecular formula is C46H27N3S2. The number of nitrogens with zero attached hydrogens (tertiary/aromatic N) is 3. The van der Waals surface area contributed by atoms with Crippen molar-refractivity contribution in [2.75, 3.05) is 0 Å². The molecule has 2 aliphatic rings. The summed E-state index contributed by atoms with van der Waals surface area (Å²) in [5.74, 6) is 2.02. The van der Waals surface area contributed by atoms with E-state index in [1.807, 2.05) is 59.5 Å². The van der Waals surface area contributed by atoms with Gasteiger partial charge in [-0.15, -0.1) is 11.3 Å². The molecule has 11 rings (SSSR count). The van der Waals surface area contributed by atoms with Gasteiger partial charge < -0.3 is 0 Å². The van der Waals surface area contributed by atoms with Crippen LogP contribution in [0, 0.1) is 0 Å². The van der Waals surface area contributed by atoms with Gasteiger partial charge in [0.05, 0.1) is 5.41 Å². The van der Waals surface area contributed by atoms with Crippen molar-refractivity contribution >= 4 is 43.3 Å². The summed E-state index contributed by atoms with van der Waals surface area (Å²) in [4.78, 5) is 17.8. The van der Waals surface area contributed by atoms with E-state index in [4.69, 9.17) is 15.0 Å². The molecule has 7 aromatic carbocycles. The number of fused-ring (bicyclic) bond motifs is 12. The number of aromatic nitrogens is 3. The van der Waals surface area contributed by atoms with Crippen LogP contribution in [0.15, 0.2) is 174 Å². The van der Waals surface area contributed by atoms with Gasteiger partial charge in [0.2, 0.25) is 0 Å². The molecule has 0 fully saturated rings. The minimum atomic E-state index is -0.409. The molecular weight excluding hydrogens is 659 g/mol. The smallest absolute Gasteiger partial charge is 0.165 e. The van der Waals surface area contributed by atoms with Gasteiger partial charge in [-0.3, -0.25) is 0 Å². The molecule has 1 aliphatic carbocycles. The van der Waals surface area contributed by atoms with Crippen LogP contribution in [0.5, 0.6) is 0 Å². The predicted octanol–water partition coefficient (Wildman–Crippen LogP) is 12.1. The van der Waals surface area contributed by atoms with Crippen LogP contribution >= 0.6 is 23.1 Å². The molecule has 3 heterocycles. The quantitative estimate of drug-likeness (QED) is 0.186.